The van der Waals surface area contributed by atoms with Gasteiger partial charge in [0.25, 0.3) is 5.91 Å². The number of para-hydroxylation sites is 1. The van der Waals surface area contributed by atoms with Crippen molar-refractivity contribution in [2.45, 2.75) is 12.5 Å². The van der Waals surface area contributed by atoms with E-state index < -0.39 is 23.9 Å². The number of carbonyl (C=O) groups is 3. The van der Waals surface area contributed by atoms with Gasteiger partial charge in [0.1, 0.15) is 12.6 Å². The highest BCUT2D eigenvalue weighted by Crippen LogP contribution is 2.21. The van der Waals surface area contributed by atoms with Crippen LogP contribution < -0.4 is 10.6 Å². The fourth-order valence-corrected chi connectivity index (χ4v) is 3.69. The average molecular weight is 441 g/mol. The van der Waals surface area contributed by atoms with Crippen LogP contribution in [-0.4, -0.2) is 40.3 Å². The molecular weight excluding hydrogens is 424 g/mol. The number of anilines is 1. The fraction of sp³-hybridized carbons (Fsp3) is 0.150. The molecule has 0 spiro atoms. The summed E-state index contributed by atoms with van der Waals surface area (Å²) in [6, 6.07) is 13.6. The minimum absolute atomic E-state index is 0.332. The summed E-state index contributed by atoms with van der Waals surface area (Å²) in [4.78, 5) is 41.3. The van der Waals surface area contributed by atoms with Crippen molar-refractivity contribution in [2.24, 2.45) is 0 Å². The van der Waals surface area contributed by atoms with Crippen LogP contribution in [0.2, 0.25) is 0 Å². The van der Waals surface area contributed by atoms with Crippen LogP contribution >= 0.6 is 15.9 Å². The van der Waals surface area contributed by atoms with Gasteiger partial charge in [0.15, 0.2) is 0 Å². The third-order valence-electron chi connectivity index (χ3n) is 4.62. The molecule has 1 aromatic heterocycles. The molecule has 1 unspecified atom stereocenters. The number of urea groups is 1. The normalized spacial score (nSPS) is 16.5. The van der Waals surface area contributed by atoms with E-state index in [9.17, 15) is 14.4 Å². The van der Waals surface area contributed by atoms with Crippen molar-refractivity contribution in [1.29, 1.82) is 0 Å². The monoisotopic (exact) mass is 440 g/mol. The van der Waals surface area contributed by atoms with E-state index in [-0.39, 0.29) is 6.54 Å². The maximum atomic E-state index is 12.7. The smallest absolute Gasteiger partial charge is 0.325 e. The Hall–Kier alpha value is -3.13. The summed E-state index contributed by atoms with van der Waals surface area (Å²) in [6.45, 7) is -0.332. The number of halogens is 1. The van der Waals surface area contributed by atoms with Gasteiger partial charge in [-0.05, 0) is 29.8 Å². The largest absolute Gasteiger partial charge is 0.361 e. The van der Waals surface area contributed by atoms with E-state index in [1.165, 1.54) is 0 Å². The number of nitrogens with one attached hydrogen (secondary N) is 3. The second kappa shape index (κ2) is 7.47. The number of hydrogen-bond donors (Lipinski definition) is 3. The van der Waals surface area contributed by atoms with Crippen molar-refractivity contribution < 1.29 is 14.4 Å². The zero-order valence-electron chi connectivity index (χ0n) is 14.7. The first-order chi connectivity index (χ1) is 13.5. The number of amides is 4. The van der Waals surface area contributed by atoms with Crippen LogP contribution in [0.5, 0.6) is 0 Å². The number of aromatic amines is 1. The minimum Gasteiger partial charge on any atom is -0.361 e. The number of H-pyrrole nitrogens is 1. The van der Waals surface area contributed by atoms with Gasteiger partial charge >= 0.3 is 6.03 Å². The first-order valence-corrected chi connectivity index (χ1v) is 9.53. The fourth-order valence-electron chi connectivity index (χ4n) is 3.30. The molecule has 28 heavy (non-hydrogen) atoms. The van der Waals surface area contributed by atoms with Crippen molar-refractivity contribution in [3.63, 3.8) is 0 Å². The predicted octanol–water partition coefficient (Wildman–Crippen LogP) is 3.03. The Balaban J connectivity index is 1.43. The predicted molar refractivity (Wildman–Crippen MR) is 109 cm³/mol. The van der Waals surface area contributed by atoms with Crippen LogP contribution in [0.25, 0.3) is 10.9 Å². The topological polar surface area (TPSA) is 94.3 Å². The van der Waals surface area contributed by atoms with Crippen LogP contribution in [0.3, 0.4) is 0 Å². The number of benzene rings is 2. The molecular formula is C20H17BrN4O3. The standard InChI is InChI=1S/C20H17BrN4O3/c21-13-4-3-5-14(9-13)23-18(26)11-25-19(27)17(24-20(25)28)8-12-10-22-16-7-2-1-6-15(12)16/h1-7,9-10,17,22H,8,11H2,(H,23,26)(H,24,28). The molecule has 142 valence electrons. The number of carbonyl (C=O) groups excluding carboxylic acids is 3. The lowest BCUT2D eigenvalue weighted by molar-refractivity contribution is -0.130. The summed E-state index contributed by atoms with van der Waals surface area (Å²) in [6.07, 6.45) is 2.20. The van der Waals surface area contributed by atoms with Gasteiger partial charge < -0.3 is 15.6 Å². The maximum Gasteiger partial charge on any atom is 0.325 e. The van der Waals surface area contributed by atoms with Gasteiger partial charge in [0.2, 0.25) is 5.91 Å². The highest BCUT2D eigenvalue weighted by atomic mass is 79.9. The van der Waals surface area contributed by atoms with Gasteiger partial charge in [0.05, 0.1) is 0 Å². The SMILES string of the molecule is O=C(CN1C(=O)NC(Cc2c[nH]c3ccccc23)C1=O)Nc1cccc(Br)c1. The molecule has 2 heterocycles. The lowest BCUT2D eigenvalue weighted by Gasteiger charge is -2.13. The van der Waals surface area contributed by atoms with Crippen molar-refractivity contribution in [3.8, 4) is 0 Å². The van der Waals surface area contributed by atoms with Crippen LogP contribution in [-0.2, 0) is 16.0 Å². The van der Waals surface area contributed by atoms with Gasteiger partial charge in [-0.15, -0.1) is 0 Å². The highest BCUT2D eigenvalue weighted by molar-refractivity contribution is 9.10. The number of hydrogen-bond acceptors (Lipinski definition) is 3. The van der Waals surface area contributed by atoms with Gasteiger partial charge in [-0.3, -0.25) is 14.5 Å². The summed E-state index contributed by atoms with van der Waals surface area (Å²) in [5, 5.41) is 6.37. The second-order valence-electron chi connectivity index (χ2n) is 6.55. The van der Waals surface area contributed by atoms with Gasteiger partial charge in [0, 0.05) is 33.7 Å². The molecule has 1 atom stereocenters. The molecule has 0 aliphatic carbocycles. The second-order valence-corrected chi connectivity index (χ2v) is 7.46. The van der Waals surface area contributed by atoms with Crippen LogP contribution in [0, 0.1) is 0 Å². The maximum absolute atomic E-state index is 12.7. The van der Waals surface area contributed by atoms with E-state index >= 15 is 0 Å². The van der Waals surface area contributed by atoms with Gasteiger partial charge in [-0.2, -0.15) is 0 Å². The number of imide groups is 1. The van der Waals surface area contributed by atoms with Crippen LogP contribution in [0.1, 0.15) is 5.56 Å². The van der Waals surface area contributed by atoms with E-state index in [0.717, 1.165) is 25.8 Å². The third-order valence-corrected chi connectivity index (χ3v) is 5.11. The molecule has 0 saturated carbocycles. The van der Waals surface area contributed by atoms with E-state index in [1.807, 2.05) is 36.5 Å². The molecule has 1 aliphatic heterocycles. The molecule has 4 rings (SSSR count). The van der Waals surface area contributed by atoms with Crippen molar-refractivity contribution in [2.75, 3.05) is 11.9 Å². The van der Waals surface area contributed by atoms with Gasteiger partial charge in [-0.1, -0.05) is 40.2 Å². The van der Waals surface area contributed by atoms with E-state index in [2.05, 4.69) is 31.5 Å². The zero-order chi connectivity index (χ0) is 19.7. The van der Waals surface area contributed by atoms with Crippen LogP contribution in [0.15, 0.2) is 59.2 Å². The molecule has 8 heteroatoms. The summed E-state index contributed by atoms with van der Waals surface area (Å²) in [5.41, 5.74) is 2.50. The number of nitrogens with zero attached hydrogens (tertiary/aromatic N) is 1. The molecule has 7 nitrogen and oxygen atoms in total. The Morgan fingerprint density at radius 1 is 1.14 bits per heavy atom. The minimum atomic E-state index is -0.689. The summed E-state index contributed by atoms with van der Waals surface area (Å²) in [7, 11) is 0. The Labute approximate surface area is 169 Å². The molecule has 1 saturated heterocycles. The Kier molecular flexibility index (Phi) is 4.87. The summed E-state index contributed by atoms with van der Waals surface area (Å²) in [5.74, 6) is -0.839. The Morgan fingerprint density at radius 2 is 1.96 bits per heavy atom. The molecule has 3 aromatic rings. The lowest BCUT2D eigenvalue weighted by atomic mass is 10.1. The molecule has 1 fully saturated rings. The Morgan fingerprint density at radius 3 is 2.79 bits per heavy atom. The third kappa shape index (κ3) is 3.63. The number of aromatic nitrogens is 1. The van der Waals surface area contributed by atoms with Crippen LogP contribution in [0.4, 0.5) is 10.5 Å². The van der Waals surface area contributed by atoms with E-state index in [1.54, 1.807) is 18.2 Å². The van der Waals surface area contributed by atoms with Crippen molar-refractivity contribution >= 4 is 50.4 Å². The first-order valence-electron chi connectivity index (χ1n) is 8.73. The molecule has 2 aromatic carbocycles. The van der Waals surface area contributed by atoms with Crippen molar-refractivity contribution in [3.05, 3.63) is 64.8 Å². The van der Waals surface area contributed by atoms with Crippen molar-refractivity contribution in [1.82, 2.24) is 15.2 Å². The molecule has 0 radical (unpaired) electrons. The average Bonchev–Trinajstić information content (AvgIpc) is 3.18. The van der Waals surface area contributed by atoms with E-state index in [0.29, 0.717) is 12.1 Å². The van der Waals surface area contributed by atoms with E-state index in [4.69, 9.17) is 0 Å². The highest BCUT2D eigenvalue weighted by Gasteiger charge is 2.39. The quantitative estimate of drug-likeness (QED) is 0.532. The molecule has 3 N–H and O–H groups in total. The number of rotatable bonds is 5. The number of fused-ring (bicyclic) bond motifs is 1. The Bertz CT molecular complexity index is 1080. The molecule has 0 bridgehead atoms. The summed E-state index contributed by atoms with van der Waals surface area (Å²) < 4.78 is 0.819. The molecule has 4 amide bonds. The lowest BCUT2D eigenvalue weighted by Crippen LogP contribution is -2.38. The van der Waals surface area contributed by atoms with Gasteiger partial charge in [-0.25, -0.2) is 4.79 Å². The first kappa shape index (κ1) is 18.2. The molecule has 1 aliphatic rings. The summed E-state index contributed by atoms with van der Waals surface area (Å²) >= 11 is 3.33. The zero-order valence-corrected chi connectivity index (χ0v) is 16.3.